The van der Waals surface area contributed by atoms with Crippen molar-refractivity contribution in [2.45, 2.75) is 5.60 Å². The van der Waals surface area contributed by atoms with Gasteiger partial charge in [-0.1, -0.05) is 98.9 Å². The lowest BCUT2D eigenvalue weighted by Gasteiger charge is -2.32. The largest absolute Gasteiger partial charge is 0.380 e. The van der Waals surface area contributed by atoms with E-state index in [1.807, 2.05) is 66.7 Å². The summed E-state index contributed by atoms with van der Waals surface area (Å²) in [5, 5.41) is 12.9. The van der Waals surface area contributed by atoms with Crippen LogP contribution >= 0.6 is 7.92 Å². The highest BCUT2D eigenvalue weighted by molar-refractivity contribution is 7.64. The van der Waals surface area contributed by atoms with Crippen molar-refractivity contribution in [3.8, 4) is 0 Å². The standard InChI is InChI=1S/C21H21OP.B/c1-23(20-15-9-4-10-16-20)17-21(22,18-11-5-2-6-12-18)19-13-7-3-8-14-19;/h2-16,22H,17H2,1H3;/t23-;/m1./s1. The number of aliphatic hydroxyl groups is 1. The highest BCUT2D eigenvalue weighted by Gasteiger charge is 2.33. The maximum Gasteiger partial charge on any atom is 0.119 e. The lowest BCUT2D eigenvalue weighted by Crippen LogP contribution is -2.32. The smallest absolute Gasteiger partial charge is 0.119 e. The van der Waals surface area contributed by atoms with Crippen molar-refractivity contribution in [3.05, 3.63) is 102 Å². The maximum atomic E-state index is 11.6. The first-order valence-corrected chi connectivity index (χ1v) is 9.77. The Kier molecular flexibility index (Phi) is 6.37. The van der Waals surface area contributed by atoms with Crippen LogP contribution in [0.2, 0.25) is 0 Å². The van der Waals surface area contributed by atoms with Crippen LogP contribution in [0.4, 0.5) is 0 Å². The first kappa shape index (κ1) is 18.5. The minimum absolute atomic E-state index is 0. The van der Waals surface area contributed by atoms with E-state index in [9.17, 15) is 5.11 Å². The van der Waals surface area contributed by atoms with Crippen molar-refractivity contribution in [1.82, 2.24) is 0 Å². The molecule has 0 saturated carbocycles. The molecule has 3 heteroatoms. The van der Waals surface area contributed by atoms with Crippen LogP contribution < -0.4 is 5.30 Å². The van der Waals surface area contributed by atoms with Crippen molar-refractivity contribution in [2.24, 2.45) is 0 Å². The second-order valence-electron chi connectivity index (χ2n) is 5.78. The Bertz CT molecular complexity index is 692. The quantitative estimate of drug-likeness (QED) is 0.554. The van der Waals surface area contributed by atoms with Gasteiger partial charge in [-0.15, -0.1) is 0 Å². The molecule has 3 aromatic carbocycles. The minimum Gasteiger partial charge on any atom is -0.380 e. The predicted molar refractivity (Wildman–Crippen MR) is 105 cm³/mol. The fourth-order valence-corrected chi connectivity index (χ4v) is 4.81. The molecule has 3 aromatic rings. The van der Waals surface area contributed by atoms with Gasteiger partial charge in [0, 0.05) is 14.6 Å². The van der Waals surface area contributed by atoms with E-state index in [0.29, 0.717) is 6.16 Å². The zero-order valence-electron chi connectivity index (χ0n) is 13.8. The lowest BCUT2D eigenvalue weighted by atomic mass is 9.88. The van der Waals surface area contributed by atoms with E-state index in [1.165, 1.54) is 5.30 Å². The van der Waals surface area contributed by atoms with Crippen molar-refractivity contribution >= 4 is 21.6 Å². The Morgan fingerprint density at radius 2 is 1.08 bits per heavy atom. The van der Waals surface area contributed by atoms with Crippen LogP contribution in [0.3, 0.4) is 0 Å². The summed E-state index contributed by atoms with van der Waals surface area (Å²) in [6, 6.07) is 30.5. The zero-order valence-corrected chi connectivity index (χ0v) is 14.7. The van der Waals surface area contributed by atoms with Gasteiger partial charge < -0.3 is 5.11 Å². The molecule has 119 valence electrons. The van der Waals surface area contributed by atoms with Crippen LogP contribution in [-0.2, 0) is 5.60 Å². The molecule has 0 amide bonds. The number of benzene rings is 3. The van der Waals surface area contributed by atoms with Crippen LogP contribution in [0, 0.1) is 0 Å². The van der Waals surface area contributed by atoms with Crippen molar-refractivity contribution in [3.63, 3.8) is 0 Å². The Hall–Kier alpha value is -1.89. The van der Waals surface area contributed by atoms with E-state index in [4.69, 9.17) is 0 Å². The maximum absolute atomic E-state index is 11.6. The zero-order chi connectivity index (χ0) is 16.1. The van der Waals surface area contributed by atoms with Gasteiger partial charge in [0.2, 0.25) is 0 Å². The molecule has 0 aromatic heterocycles. The molecule has 0 fully saturated rings. The fourth-order valence-electron chi connectivity index (χ4n) is 2.89. The van der Waals surface area contributed by atoms with E-state index in [2.05, 4.69) is 30.9 Å². The molecule has 0 heterocycles. The summed E-state index contributed by atoms with van der Waals surface area (Å²) in [4.78, 5) is 0. The first-order valence-electron chi connectivity index (χ1n) is 7.80. The molecule has 24 heavy (non-hydrogen) atoms. The van der Waals surface area contributed by atoms with Gasteiger partial charge in [0.1, 0.15) is 5.60 Å². The van der Waals surface area contributed by atoms with E-state index >= 15 is 0 Å². The van der Waals surface area contributed by atoms with E-state index in [0.717, 1.165) is 11.1 Å². The van der Waals surface area contributed by atoms with Crippen molar-refractivity contribution < 1.29 is 5.11 Å². The molecule has 0 aliphatic carbocycles. The van der Waals surface area contributed by atoms with Crippen molar-refractivity contribution in [1.29, 1.82) is 0 Å². The van der Waals surface area contributed by atoms with Gasteiger partial charge in [-0.3, -0.25) is 0 Å². The van der Waals surface area contributed by atoms with E-state index in [1.54, 1.807) is 0 Å². The second kappa shape index (κ2) is 8.28. The van der Waals surface area contributed by atoms with Crippen LogP contribution in [0.5, 0.6) is 0 Å². The Morgan fingerprint density at radius 1 is 0.708 bits per heavy atom. The summed E-state index contributed by atoms with van der Waals surface area (Å²) in [5.74, 6) is 0. The lowest BCUT2D eigenvalue weighted by molar-refractivity contribution is 0.107. The second-order valence-corrected chi connectivity index (χ2v) is 8.01. The molecule has 0 aliphatic heterocycles. The van der Waals surface area contributed by atoms with Crippen LogP contribution in [0.1, 0.15) is 11.1 Å². The molecule has 0 spiro atoms. The van der Waals surface area contributed by atoms with Gasteiger partial charge in [0.25, 0.3) is 0 Å². The number of hydrogen-bond donors (Lipinski definition) is 1. The third kappa shape index (κ3) is 3.95. The molecule has 1 nitrogen and oxygen atoms in total. The summed E-state index contributed by atoms with van der Waals surface area (Å²) in [7, 11) is -0.461. The molecule has 1 atom stereocenters. The summed E-state index contributed by atoms with van der Waals surface area (Å²) in [6.07, 6.45) is 0.709. The number of rotatable bonds is 5. The summed E-state index contributed by atoms with van der Waals surface area (Å²) < 4.78 is 0. The normalized spacial score (nSPS) is 12.2. The Labute approximate surface area is 147 Å². The monoisotopic (exact) mass is 331 g/mol. The van der Waals surface area contributed by atoms with E-state index in [-0.39, 0.29) is 8.41 Å². The van der Waals surface area contributed by atoms with Gasteiger partial charge >= 0.3 is 0 Å². The van der Waals surface area contributed by atoms with Crippen LogP contribution in [0.25, 0.3) is 0 Å². The topological polar surface area (TPSA) is 20.2 Å². The summed E-state index contributed by atoms with van der Waals surface area (Å²) >= 11 is 0. The van der Waals surface area contributed by atoms with Gasteiger partial charge in [-0.25, -0.2) is 0 Å². The minimum atomic E-state index is -0.960. The van der Waals surface area contributed by atoms with Crippen molar-refractivity contribution in [2.75, 3.05) is 12.8 Å². The molecule has 3 rings (SSSR count). The summed E-state index contributed by atoms with van der Waals surface area (Å²) in [5.41, 5.74) is 0.951. The molecule has 0 aliphatic rings. The highest BCUT2D eigenvalue weighted by atomic mass is 31.1. The summed E-state index contributed by atoms with van der Waals surface area (Å²) in [6.45, 7) is 2.24. The Morgan fingerprint density at radius 3 is 1.50 bits per heavy atom. The molecule has 0 saturated heterocycles. The predicted octanol–water partition coefficient (Wildman–Crippen LogP) is 3.98. The molecule has 1 N–H and O–H groups in total. The average Bonchev–Trinajstić information content (AvgIpc) is 2.64. The number of hydrogen-bond acceptors (Lipinski definition) is 1. The Balaban J connectivity index is 0.00000208. The van der Waals surface area contributed by atoms with Gasteiger partial charge in [0.15, 0.2) is 0 Å². The SMILES string of the molecule is C[P@](CC(O)(c1ccccc1)c1ccccc1)c1ccccc1.[B]. The van der Waals surface area contributed by atoms with Gasteiger partial charge in [-0.05, 0) is 23.1 Å². The first-order chi connectivity index (χ1) is 11.2. The van der Waals surface area contributed by atoms with E-state index < -0.39 is 13.5 Å². The molecule has 0 unspecified atom stereocenters. The van der Waals surface area contributed by atoms with Crippen LogP contribution in [-0.4, -0.2) is 26.3 Å². The molecular weight excluding hydrogens is 310 g/mol. The third-order valence-electron chi connectivity index (χ3n) is 4.17. The highest BCUT2D eigenvalue weighted by Crippen LogP contribution is 2.41. The molecular formula is C21H21BOP. The fraction of sp³-hybridized carbons (Fsp3) is 0.143. The third-order valence-corrected chi connectivity index (χ3v) is 6.28. The molecule has 3 radical (unpaired) electrons. The van der Waals surface area contributed by atoms with Crippen LogP contribution in [0.15, 0.2) is 91.0 Å². The van der Waals surface area contributed by atoms with Gasteiger partial charge in [0.05, 0.1) is 0 Å². The average molecular weight is 331 g/mol. The van der Waals surface area contributed by atoms with Gasteiger partial charge in [-0.2, -0.15) is 0 Å². The molecule has 0 bridgehead atoms.